The highest BCUT2D eigenvalue weighted by Crippen LogP contribution is 2.08. The molecule has 0 spiro atoms. The average Bonchev–Trinajstić information content (AvgIpc) is 2.14. The second kappa shape index (κ2) is 6.83. The molecule has 0 fully saturated rings. The molecule has 0 aromatic heterocycles. The Morgan fingerprint density at radius 1 is 1.44 bits per heavy atom. The van der Waals surface area contributed by atoms with Crippen LogP contribution in [-0.2, 0) is 14.3 Å². The predicted octanol–water partition coefficient (Wildman–Crippen LogP) is 0.879. The molecule has 0 saturated carbocycles. The van der Waals surface area contributed by atoms with Gasteiger partial charge in [0.2, 0.25) is 0 Å². The van der Waals surface area contributed by atoms with E-state index in [9.17, 15) is 4.79 Å². The van der Waals surface area contributed by atoms with Gasteiger partial charge in [0.25, 0.3) is 0 Å². The second-order valence-electron chi connectivity index (χ2n) is 4.51. The van der Waals surface area contributed by atoms with E-state index in [4.69, 9.17) is 14.6 Å². The third-order valence-corrected chi connectivity index (χ3v) is 2.14. The van der Waals surface area contributed by atoms with Crippen molar-refractivity contribution < 1.29 is 19.4 Å². The summed E-state index contributed by atoms with van der Waals surface area (Å²) < 4.78 is 10.4. The van der Waals surface area contributed by atoms with E-state index in [1.54, 1.807) is 14.0 Å². The van der Waals surface area contributed by atoms with E-state index in [1.807, 2.05) is 20.8 Å². The summed E-state index contributed by atoms with van der Waals surface area (Å²) in [5, 5.41) is 12.1. The lowest BCUT2D eigenvalue weighted by molar-refractivity contribution is -0.148. The summed E-state index contributed by atoms with van der Waals surface area (Å²) in [5.74, 6) is -0.911. The number of carboxylic acids is 1. The van der Waals surface area contributed by atoms with Gasteiger partial charge in [-0.25, -0.2) is 0 Å². The Labute approximate surface area is 97.1 Å². The number of aliphatic carboxylic acids is 1. The molecule has 96 valence electrons. The van der Waals surface area contributed by atoms with Crippen molar-refractivity contribution in [2.45, 2.75) is 45.4 Å². The highest BCUT2D eigenvalue weighted by molar-refractivity contribution is 5.78. The van der Waals surface area contributed by atoms with Crippen molar-refractivity contribution in [3.8, 4) is 0 Å². The second-order valence-corrected chi connectivity index (χ2v) is 4.51. The fourth-order valence-electron chi connectivity index (χ4n) is 1.39. The fraction of sp³-hybridized carbons (Fsp3) is 0.909. The third-order valence-electron chi connectivity index (χ3n) is 2.14. The van der Waals surface area contributed by atoms with Crippen molar-refractivity contribution in [3.05, 3.63) is 0 Å². The van der Waals surface area contributed by atoms with Crippen LogP contribution >= 0.6 is 0 Å². The van der Waals surface area contributed by atoms with E-state index in [0.29, 0.717) is 6.61 Å². The van der Waals surface area contributed by atoms with Gasteiger partial charge in [-0.15, -0.1) is 0 Å². The van der Waals surface area contributed by atoms with Crippen LogP contribution < -0.4 is 5.32 Å². The van der Waals surface area contributed by atoms with Crippen LogP contribution in [-0.4, -0.2) is 49.1 Å². The number of nitrogens with one attached hydrogen (secondary N) is 1. The molecular formula is C11H23NO4. The maximum atomic E-state index is 11.2. The first kappa shape index (κ1) is 15.3. The van der Waals surface area contributed by atoms with Crippen LogP contribution in [0.15, 0.2) is 0 Å². The van der Waals surface area contributed by atoms with Gasteiger partial charge in [0.05, 0.1) is 19.3 Å². The van der Waals surface area contributed by atoms with Crippen LogP contribution in [0.1, 0.15) is 27.7 Å². The summed E-state index contributed by atoms with van der Waals surface area (Å²) in [7, 11) is 1.59. The van der Waals surface area contributed by atoms with E-state index < -0.39 is 11.5 Å². The van der Waals surface area contributed by atoms with E-state index >= 15 is 0 Å². The number of carbonyl (C=O) groups is 1. The number of rotatable bonds is 8. The number of hydrogen-bond acceptors (Lipinski definition) is 4. The van der Waals surface area contributed by atoms with Crippen LogP contribution in [0, 0.1) is 0 Å². The molecule has 0 saturated heterocycles. The number of hydrogen-bond donors (Lipinski definition) is 2. The molecule has 2 unspecified atom stereocenters. The number of methoxy groups -OCH3 is 1. The first-order valence-corrected chi connectivity index (χ1v) is 5.43. The SMILES string of the molecule is COCC(C)OCC(C)(NC(C)C)C(=O)O. The first-order chi connectivity index (χ1) is 7.31. The summed E-state index contributed by atoms with van der Waals surface area (Å²) in [6.45, 7) is 7.85. The van der Waals surface area contributed by atoms with Gasteiger partial charge in [-0.2, -0.15) is 0 Å². The normalized spacial score (nSPS) is 17.1. The molecular weight excluding hydrogens is 210 g/mol. The maximum absolute atomic E-state index is 11.2. The van der Waals surface area contributed by atoms with Gasteiger partial charge in [0.1, 0.15) is 5.54 Å². The van der Waals surface area contributed by atoms with Crippen LogP contribution in [0.3, 0.4) is 0 Å². The van der Waals surface area contributed by atoms with E-state index in [-0.39, 0.29) is 18.8 Å². The molecule has 0 aliphatic rings. The zero-order valence-electron chi connectivity index (χ0n) is 10.7. The Morgan fingerprint density at radius 3 is 2.38 bits per heavy atom. The summed E-state index contributed by atoms with van der Waals surface area (Å²) in [5.41, 5.74) is -1.06. The van der Waals surface area contributed by atoms with Crippen LogP contribution in [0.5, 0.6) is 0 Å². The highest BCUT2D eigenvalue weighted by atomic mass is 16.5. The van der Waals surface area contributed by atoms with Crippen molar-refractivity contribution in [2.24, 2.45) is 0 Å². The summed E-state index contributed by atoms with van der Waals surface area (Å²) in [6.07, 6.45) is -0.113. The highest BCUT2D eigenvalue weighted by Gasteiger charge is 2.34. The topological polar surface area (TPSA) is 67.8 Å². The average molecular weight is 233 g/mol. The van der Waals surface area contributed by atoms with Crippen molar-refractivity contribution in [3.63, 3.8) is 0 Å². The minimum Gasteiger partial charge on any atom is -0.480 e. The van der Waals surface area contributed by atoms with Gasteiger partial charge in [0.15, 0.2) is 0 Å². The minimum atomic E-state index is -1.06. The Balaban J connectivity index is 4.28. The zero-order chi connectivity index (χ0) is 12.8. The first-order valence-electron chi connectivity index (χ1n) is 5.43. The molecule has 0 aromatic carbocycles. The molecule has 2 N–H and O–H groups in total. The quantitative estimate of drug-likeness (QED) is 0.651. The lowest BCUT2D eigenvalue weighted by atomic mass is 10.0. The largest absolute Gasteiger partial charge is 0.480 e. The molecule has 16 heavy (non-hydrogen) atoms. The fourth-order valence-corrected chi connectivity index (χ4v) is 1.39. The van der Waals surface area contributed by atoms with Crippen molar-refractivity contribution in [1.82, 2.24) is 5.32 Å². The van der Waals surface area contributed by atoms with Crippen molar-refractivity contribution in [2.75, 3.05) is 20.3 Å². The van der Waals surface area contributed by atoms with Crippen molar-refractivity contribution >= 4 is 5.97 Å². The van der Waals surface area contributed by atoms with Crippen molar-refractivity contribution in [1.29, 1.82) is 0 Å². The number of ether oxygens (including phenoxy) is 2. The Bertz CT molecular complexity index is 220. The Morgan fingerprint density at radius 2 is 2.00 bits per heavy atom. The molecule has 0 aromatic rings. The molecule has 0 rings (SSSR count). The summed E-state index contributed by atoms with van der Waals surface area (Å²) in [4.78, 5) is 11.2. The van der Waals surface area contributed by atoms with Gasteiger partial charge in [-0.3, -0.25) is 10.1 Å². The van der Waals surface area contributed by atoms with E-state index in [1.165, 1.54) is 0 Å². The lowest BCUT2D eigenvalue weighted by Gasteiger charge is -2.29. The van der Waals surface area contributed by atoms with Crippen LogP contribution in [0.4, 0.5) is 0 Å². The standard InChI is InChI=1S/C11H23NO4/c1-8(2)12-11(4,10(13)14)7-16-9(3)6-15-5/h8-9,12H,6-7H2,1-5H3,(H,13,14). The van der Waals surface area contributed by atoms with Gasteiger partial charge in [-0.1, -0.05) is 0 Å². The Kier molecular flexibility index (Phi) is 6.55. The van der Waals surface area contributed by atoms with Crippen LogP contribution in [0.2, 0.25) is 0 Å². The molecule has 0 radical (unpaired) electrons. The van der Waals surface area contributed by atoms with Gasteiger partial charge in [0, 0.05) is 13.2 Å². The molecule has 2 atom stereocenters. The number of carboxylic acid groups (broad SMARTS) is 1. The van der Waals surface area contributed by atoms with Gasteiger partial charge < -0.3 is 14.6 Å². The monoisotopic (exact) mass is 233 g/mol. The zero-order valence-corrected chi connectivity index (χ0v) is 10.7. The molecule has 5 nitrogen and oxygen atoms in total. The molecule has 0 bridgehead atoms. The Hall–Kier alpha value is -0.650. The summed E-state index contributed by atoms with van der Waals surface area (Å²) in [6, 6.07) is 0.0856. The molecule has 0 aliphatic carbocycles. The summed E-state index contributed by atoms with van der Waals surface area (Å²) >= 11 is 0. The molecule has 5 heteroatoms. The van der Waals surface area contributed by atoms with E-state index in [0.717, 1.165) is 0 Å². The molecule has 0 amide bonds. The van der Waals surface area contributed by atoms with E-state index in [2.05, 4.69) is 5.32 Å². The molecule has 0 heterocycles. The van der Waals surface area contributed by atoms with Gasteiger partial charge >= 0.3 is 5.97 Å². The smallest absolute Gasteiger partial charge is 0.326 e. The lowest BCUT2D eigenvalue weighted by Crippen LogP contribution is -2.56. The minimum absolute atomic E-state index is 0.0856. The molecule has 0 aliphatic heterocycles. The van der Waals surface area contributed by atoms with Gasteiger partial charge in [-0.05, 0) is 27.7 Å². The third kappa shape index (κ3) is 5.44. The maximum Gasteiger partial charge on any atom is 0.326 e. The van der Waals surface area contributed by atoms with Crippen LogP contribution in [0.25, 0.3) is 0 Å². The predicted molar refractivity (Wildman–Crippen MR) is 61.6 cm³/mol.